The smallest absolute Gasteiger partial charge is 0.306 e. The Morgan fingerprint density at radius 2 is 2.05 bits per heavy atom. The maximum Gasteiger partial charge on any atom is 0.326 e. The van der Waals surface area contributed by atoms with Crippen molar-refractivity contribution in [3.63, 3.8) is 0 Å². The monoisotopic (exact) mass is 289 g/mol. The summed E-state index contributed by atoms with van der Waals surface area (Å²) >= 11 is 0. The number of rotatable bonds is 2. The Morgan fingerprint density at radius 3 is 2.71 bits per heavy atom. The second-order valence-electron chi connectivity index (χ2n) is 6.03. The van der Waals surface area contributed by atoms with Gasteiger partial charge in [0.1, 0.15) is 0 Å². The van der Waals surface area contributed by atoms with Crippen LogP contribution in [0.5, 0.6) is 0 Å². The highest BCUT2D eigenvalue weighted by Crippen LogP contribution is 2.23. The fraction of sp³-hybridized carbons (Fsp3) is 0.588. The van der Waals surface area contributed by atoms with Gasteiger partial charge in [0.2, 0.25) is 0 Å². The molecule has 0 saturated carbocycles. The lowest BCUT2D eigenvalue weighted by atomic mass is 10.1. The summed E-state index contributed by atoms with van der Waals surface area (Å²) in [6.07, 6.45) is 0. The average Bonchev–Trinajstić information content (AvgIpc) is 2.68. The number of H-pyrrole nitrogens is 1. The molecule has 2 heterocycles. The van der Waals surface area contributed by atoms with E-state index in [9.17, 15) is 4.79 Å². The number of imidazole rings is 1. The van der Waals surface area contributed by atoms with E-state index in [0.29, 0.717) is 12.0 Å². The molecular formula is C17H27N3O. The van der Waals surface area contributed by atoms with E-state index >= 15 is 0 Å². The molecule has 1 aromatic carbocycles. The van der Waals surface area contributed by atoms with Gasteiger partial charge < -0.3 is 4.98 Å². The van der Waals surface area contributed by atoms with Crippen LogP contribution in [0.15, 0.2) is 23.0 Å². The van der Waals surface area contributed by atoms with Gasteiger partial charge in [-0.25, -0.2) is 4.79 Å². The molecule has 0 spiro atoms. The molecule has 1 unspecified atom stereocenters. The second-order valence-corrected chi connectivity index (χ2v) is 6.03. The van der Waals surface area contributed by atoms with Crippen LogP contribution >= 0.6 is 0 Å². The molecule has 0 saturated heterocycles. The van der Waals surface area contributed by atoms with Crippen molar-refractivity contribution >= 4 is 11.0 Å². The van der Waals surface area contributed by atoms with E-state index in [4.69, 9.17) is 0 Å². The van der Waals surface area contributed by atoms with Crippen LogP contribution in [0.3, 0.4) is 0 Å². The van der Waals surface area contributed by atoms with Gasteiger partial charge in [0, 0.05) is 25.7 Å². The molecule has 1 aliphatic heterocycles. The maximum atomic E-state index is 12.1. The van der Waals surface area contributed by atoms with E-state index in [1.807, 2.05) is 30.5 Å². The highest BCUT2D eigenvalue weighted by molar-refractivity contribution is 5.79. The summed E-state index contributed by atoms with van der Waals surface area (Å²) in [6.45, 7) is 13.5. The molecule has 0 fully saturated rings. The first-order chi connectivity index (χ1) is 10.1. The van der Waals surface area contributed by atoms with E-state index in [1.54, 1.807) is 0 Å². The lowest BCUT2D eigenvalue weighted by Crippen LogP contribution is -2.38. The standard InChI is InChI=1S/C15H21N3O.C2H6/c1-10(2)7-17-9-12-5-4-6-13-14(12)18(8-11(17)3)15(19)16-13;1-2/h4-6,10-11H,7-9H2,1-3H3,(H,16,19);1-2H3. The first-order valence-electron chi connectivity index (χ1n) is 8.00. The van der Waals surface area contributed by atoms with E-state index in [0.717, 1.165) is 30.7 Å². The van der Waals surface area contributed by atoms with E-state index in [-0.39, 0.29) is 5.69 Å². The number of nitrogens with one attached hydrogen (secondary N) is 1. The van der Waals surface area contributed by atoms with Gasteiger partial charge in [-0.1, -0.05) is 39.8 Å². The van der Waals surface area contributed by atoms with Crippen molar-refractivity contribution in [2.45, 2.75) is 53.8 Å². The minimum atomic E-state index is 0.0145. The van der Waals surface area contributed by atoms with Crippen molar-refractivity contribution < 1.29 is 0 Å². The van der Waals surface area contributed by atoms with E-state index < -0.39 is 0 Å². The largest absolute Gasteiger partial charge is 0.326 e. The average molecular weight is 289 g/mol. The topological polar surface area (TPSA) is 41.0 Å². The summed E-state index contributed by atoms with van der Waals surface area (Å²) in [5.41, 5.74) is 3.31. The lowest BCUT2D eigenvalue weighted by Gasteiger charge is -2.28. The number of aromatic nitrogens is 2. The number of benzene rings is 1. The normalized spacial score (nSPS) is 18.5. The molecule has 4 heteroatoms. The quantitative estimate of drug-likeness (QED) is 0.922. The first-order valence-corrected chi connectivity index (χ1v) is 8.00. The summed E-state index contributed by atoms with van der Waals surface area (Å²) in [4.78, 5) is 17.5. The first kappa shape index (κ1) is 15.8. The summed E-state index contributed by atoms with van der Waals surface area (Å²) in [5.74, 6) is 0.636. The van der Waals surface area contributed by atoms with Crippen LogP contribution in [0, 0.1) is 5.92 Å². The number of nitrogens with zero attached hydrogens (tertiary/aromatic N) is 2. The highest BCUT2D eigenvalue weighted by Gasteiger charge is 2.23. The molecule has 4 nitrogen and oxygen atoms in total. The zero-order chi connectivity index (χ0) is 15.6. The van der Waals surface area contributed by atoms with Gasteiger partial charge in [-0.3, -0.25) is 9.47 Å². The number of hydrogen-bond donors (Lipinski definition) is 1. The Hall–Kier alpha value is -1.55. The van der Waals surface area contributed by atoms with Crippen molar-refractivity contribution in [3.05, 3.63) is 34.2 Å². The van der Waals surface area contributed by atoms with Gasteiger partial charge in [0.25, 0.3) is 0 Å². The molecule has 1 aromatic heterocycles. The predicted molar refractivity (Wildman–Crippen MR) is 88.6 cm³/mol. The van der Waals surface area contributed by atoms with Gasteiger partial charge in [0.15, 0.2) is 0 Å². The minimum absolute atomic E-state index is 0.0145. The lowest BCUT2D eigenvalue weighted by molar-refractivity contribution is 0.168. The minimum Gasteiger partial charge on any atom is -0.306 e. The molecule has 0 radical (unpaired) electrons. The fourth-order valence-corrected chi connectivity index (χ4v) is 3.06. The van der Waals surface area contributed by atoms with E-state index in [2.05, 4.69) is 36.7 Å². The van der Waals surface area contributed by atoms with Gasteiger partial charge in [-0.15, -0.1) is 0 Å². The summed E-state index contributed by atoms with van der Waals surface area (Å²) in [6, 6.07) is 6.53. The zero-order valence-electron chi connectivity index (χ0n) is 13.8. The van der Waals surface area contributed by atoms with E-state index in [1.165, 1.54) is 5.56 Å². The third-order valence-corrected chi connectivity index (χ3v) is 3.92. The Labute approximate surface area is 126 Å². The van der Waals surface area contributed by atoms with Crippen molar-refractivity contribution in [2.75, 3.05) is 6.54 Å². The van der Waals surface area contributed by atoms with Crippen molar-refractivity contribution in [3.8, 4) is 0 Å². The molecule has 1 aliphatic rings. The van der Waals surface area contributed by atoms with Crippen molar-refractivity contribution in [2.24, 2.45) is 5.92 Å². The third-order valence-electron chi connectivity index (χ3n) is 3.92. The molecule has 3 rings (SSSR count). The highest BCUT2D eigenvalue weighted by atomic mass is 16.1. The molecule has 0 amide bonds. The Morgan fingerprint density at radius 1 is 1.33 bits per heavy atom. The Bertz CT molecular complexity index is 654. The van der Waals surface area contributed by atoms with Crippen molar-refractivity contribution in [1.29, 1.82) is 0 Å². The van der Waals surface area contributed by atoms with Crippen LogP contribution in [0.4, 0.5) is 0 Å². The van der Waals surface area contributed by atoms with Gasteiger partial charge in [-0.2, -0.15) is 0 Å². The van der Waals surface area contributed by atoms with Crippen LogP contribution in [0.25, 0.3) is 11.0 Å². The van der Waals surface area contributed by atoms with Crippen molar-refractivity contribution in [1.82, 2.24) is 14.5 Å². The SMILES string of the molecule is CC.CC(C)CN1Cc2cccc3[nH]c(=O)n(c23)CC1C. The molecule has 0 bridgehead atoms. The zero-order valence-corrected chi connectivity index (χ0v) is 13.8. The van der Waals surface area contributed by atoms with Gasteiger partial charge in [0.05, 0.1) is 11.0 Å². The van der Waals surface area contributed by atoms with Crippen LogP contribution in [-0.2, 0) is 13.1 Å². The van der Waals surface area contributed by atoms with Crippen LogP contribution in [-0.4, -0.2) is 27.0 Å². The summed E-state index contributed by atoms with van der Waals surface area (Å²) in [5, 5.41) is 0. The molecule has 2 aromatic rings. The number of hydrogen-bond acceptors (Lipinski definition) is 2. The fourth-order valence-electron chi connectivity index (χ4n) is 3.06. The number of aromatic amines is 1. The molecular weight excluding hydrogens is 262 g/mol. The van der Waals surface area contributed by atoms with Gasteiger partial charge in [-0.05, 0) is 24.5 Å². The third kappa shape index (κ3) is 3.05. The molecule has 1 atom stereocenters. The van der Waals surface area contributed by atoms with Crippen LogP contribution in [0.1, 0.15) is 40.2 Å². The summed E-state index contributed by atoms with van der Waals surface area (Å²) in [7, 11) is 0. The number of para-hydroxylation sites is 1. The maximum absolute atomic E-state index is 12.1. The molecule has 1 N–H and O–H groups in total. The summed E-state index contributed by atoms with van der Waals surface area (Å²) < 4.78 is 1.90. The Kier molecular flexibility index (Phi) is 4.88. The molecule has 0 aliphatic carbocycles. The van der Waals surface area contributed by atoms with Crippen LogP contribution < -0.4 is 5.69 Å². The molecule has 116 valence electrons. The predicted octanol–water partition coefficient (Wildman–Crippen LogP) is 3.22. The second kappa shape index (κ2) is 6.48. The Balaban J connectivity index is 0.000000774. The molecule has 21 heavy (non-hydrogen) atoms. The van der Waals surface area contributed by atoms with Gasteiger partial charge >= 0.3 is 5.69 Å². The van der Waals surface area contributed by atoms with Crippen LogP contribution in [0.2, 0.25) is 0 Å².